The Morgan fingerprint density at radius 3 is 2.42 bits per heavy atom. The molecular formula is C13H13ClN2O2S. The topological polar surface area (TPSA) is 72.2 Å². The van der Waals surface area contributed by atoms with Crippen LogP contribution in [-0.4, -0.2) is 8.42 Å². The van der Waals surface area contributed by atoms with E-state index in [-0.39, 0.29) is 16.5 Å². The summed E-state index contributed by atoms with van der Waals surface area (Å²) in [6.07, 6.45) is 0. The van der Waals surface area contributed by atoms with Crippen molar-refractivity contribution in [1.29, 1.82) is 0 Å². The van der Waals surface area contributed by atoms with Gasteiger partial charge in [-0.1, -0.05) is 35.9 Å². The Bertz CT molecular complexity index is 672. The van der Waals surface area contributed by atoms with Gasteiger partial charge in [-0.2, -0.15) is 0 Å². The van der Waals surface area contributed by atoms with E-state index in [9.17, 15) is 8.42 Å². The number of halogens is 1. The van der Waals surface area contributed by atoms with E-state index in [1.807, 2.05) is 0 Å². The molecule has 0 saturated heterocycles. The molecule has 0 atom stereocenters. The molecule has 100 valence electrons. The van der Waals surface area contributed by atoms with Crippen LogP contribution in [-0.2, 0) is 16.6 Å². The maximum Gasteiger partial charge on any atom is 0.263 e. The zero-order chi connectivity index (χ0) is 13.9. The molecule has 2 rings (SSSR count). The molecule has 2 aromatic rings. The summed E-state index contributed by atoms with van der Waals surface area (Å²) in [5.41, 5.74) is 6.70. The van der Waals surface area contributed by atoms with E-state index in [2.05, 4.69) is 4.72 Å². The van der Waals surface area contributed by atoms with Crippen LogP contribution in [0.1, 0.15) is 5.56 Å². The van der Waals surface area contributed by atoms with Crippen molar-refractivity contribution in [2.45, 2.75) is 11.4 Å². The molecule has 0 aliphatic rings. The third-order valence-corrected chi connectivity index (χ3v) is 4.41. The minimum absolute atomic E-state index is 0.0287. The van der Waals surface area contributed by atoms with Gasteiger partial charge in [0.25, 0.3) is 10.0 Å². The van der Waals surface area contributed by atoms with Crippen molar-refractivity contribution in [1.82, 2.24) is 0 Å². The normalized spacial score (nSPS) is 11.3. The Kier molecular flexibility index (Phi) is 4.09. The number of sulfonamides is 1. The molecule has 0 amide bonds. The average Bonchev–Trinajstić information content (AvgIpc) is 2.39. The van der Waals surface area contributed by atoms with Crippen molar-refractivity contribution in [3.63, 3.8) is 0 Å². The Balaban J connectivity index is 2.39. The van der Waals surface area contributed by atoms with Crippen molar-refractivity contribution >= 4 is 27.3 Å². The molecule has 6 heteroatoms. The maximum atomic E-state index is 12.3. The minimum atomic E-state index is -3.71. The summed E-state index contributed by atoms with van der Waals surface area (Å²) in [6.45, 7) is 0.255. The number of benzene rings is 2. The van der Waals surface area contributed by atoms with Gasteiger partial charge >= 0.3 is 0 Å². The predicted octanol–water partition coefficient (Wildman–Crippen LogP) is 2.60. The molecular weight excluding hydrogens is 284 g/mol. The first kappa shape index (κ1) is 13.9. The number of nitrogens with two attached hydrogens (primary N) is 1. The monoisotopic (exact) mass is 296 g/mol. The largest absolute Gasteiger partial charge is 0.326 e. The number of rotatable bonds is 4. The molecule has 0 heterocycles. The maximum absolute atomic E-state index is 12.3. The summed E-state index contributed by atoms with van der Waals surface area (Å²) < 4.78 is 27.0. The summed E-state index contributed by atoms with van der Waals surface area (Å²) in [6, 6.07) is 13.3. The molecule has 2 aromatic carbocycles. The van der Waals surface area contributed by atoms with Crippen molar-refractivity contribution in [2.24, 2.45) is 5.73 Å². The standard InChI is InChI=1S/C13H13ClN2O2S/c14-12-7-6-10(9-15)8-13(12)19(17,18)16-11-4-2-1-3-5-11/h1-8,16H,9,15H2. The number of hydrogen-bond acceptors (Lipinski definition) is 3. The van der Waals surface area contributed by atoms with Crippen LogP contribution >= 0.6 is 11.6 Å². The van der Waals surface area contributed by atoms with Crippen LogP contribution in [0.5, 0.6) is 0 Å². The second-order valence-corrected chi connectivity index (χ2v) is 6.00. The van der Waals surface area contributed by atoms with Crippen LogP contribution in [0.25, 0.3) is 0 Å². The van der Waals surface area contributed by atoms with E-state index in [1.54, 1.807) is 36.4 Å². The van der Waals surface area contributed by atoms with E-state index in [1.165, 1.54) is 12.1 Å². The fourth-order valence-corrected chi connectivity index (χ4v) is 3.21. The average molecular weight is 297 g/mol. The first-order chi connectivity index (χ1) is 9.03. The summed E-state index contributed by atoms with van der Waals surface area (Å²) in [7, 11) is -3.71. The third kappa shape index (κ3) is 3.26. The zero-order valence-electron chi connectivity index (χ0n) is 10.0. The van der Waals surface area contributed by atoms with Crippen LogP contribution in [0, 0.1) is 0 Å². The van der Waals surface area contributed by atoms with E-state index in [4.69, 9.17) is 17.3 Å². The first-order valence-corrected chi connectivity index (χ1v) is 7.45. The first-order valence-electron chi connectivity index (χ1n) is 5.59. The van der Waals surface area contributed by atoms with Crippen molar-refractivity contribution in [3.8, 4) is 0 Å². The van der Waals surface area contributed by atoms with Gasteiger partial charge in [-0.3, -0.25) is 4.72 Å². The van der Waals surface area contributed by atoms with Crippen molar-refractivity contribution < 1.29 is 8.42 Å². The van der Waals surface area contributed by atoms with E-state index < -0.39 is 10.0 Å². The summed E-state index contributed by atoms with van der Waals surface area (Å²) in [5, 5.41) is 0.167. The lowest BCUT2D eigenvalue weighted by Gasteiger charge is -2.10. The molecule has 0 aliphatic carbocycles. The molecule has 0 aromatic heterocycles. The van der Waals surface area contributed by atoms with E-state index >= 15 is 0 Å². The fraction of sp³-hybridized carbons (Fsp3) is 0.0769. The number of para-hydroxylation sites is 1. The predicted molar refractivity (Wildman–Crippen MR) is 76.6 cm³/mol. The number of hydrogen-bond donors (Lipinski definition) is 2. The highest BCUT2D eigenvalue weighted by atomic mass is 35.5. The number of nitrogens with one attached hydrogen (secondary N) is 1. The van der Waals surface area contributed by atoms with E-state index in [0.29, 0.717) is 11.3 Å². The molecule has 4 nitrogen and oxygen atoms in total. The summed E-state index contributed by atoms with van der Waals surface area (Å²) in [4.78, 5) is 0.0287. The van der Waals surface area contributed by atoms with Crippen LogP contribution in [0.4, 0.5) is 5.69 Å². The molecule has 0 fully saturated rings. The fourth-order valence-electron chi connectivity index (χ4n) is 1.60. The van der Waals surface area contributed by atoms with Gasteiger partial charge in [-0.25, -0.2) is 8.42 Å². The van der Waals surface area contributed by atoms with E-state index in [0.717, 1.165) is 0 Å². The van der Waals surface area contributed by atoms with Gasteiger partial charge < -0.3 is 5.73 Å². The van der Waals surface area contributed by atoms with Crippen molar-refractivity contribution in [3.05, 3.63) is 59.1 Å². The lowest BCUT2D eigenvalue weighted by atomic mass is 10.2. The Morgan fingerprint density at radius 1 is 1.11 bits per heavy atom. The second-order valence-electron chi connectivity index (χ2n) is 3.94. The quantitative estimate of drug-likeness (QED) is 0.911. The Morgan fingerprint density at radius 2 is 1.79 bits per heavy atom. The minimum Gasteiger partial charge on any atom is -0.326 e. The summed E-state index contributed by atoms with van der Waals surface area (Å²) in [5.74, 6) is 0. The highest BCUT2D eigenvalue weighted by Gasteiger charge is 2.18. The highest BCUT2D eigenvalue weighted by Crippen LogP contribution is 2.24. The van der Waals surface area contributed by atoms with Gasteiger partial charge in [-0.15, -0.1) is 0 Å². The van der Waals surface area contributed by atoms with Gasteiger partial charge in [0, 0.05) is 12.2 Å². The molecule has 3 N–H and O–H groups in total. The van der Waals surface area contributed by atoms with Gasteiger partial charge in [0.2, 0.25) is 0 Å². The molecule has 0 bridgehead atoms. The van der Waals surface area contributed by atoms with Crippen LogP contribution in [0.3, 0.4) is 0 Å². The molecule has 0 aliphatic heterocycles. The lowest BCUT2D eigenvalue weighted by Crippen LogP contribution is -2.14. The molecule has 19 heavy (non-hydrogen) atoms. The van der Waals surface area contributed by atoms with Gasteiger partial charge in [-0.05, 0) is 29.8 Å². The summed E-state index contributed by atoms with van der Waals surface area (Å²) >= 11 is 5.94. The molecule has 0 radical (unpaired) electrons. The van der Waals surface area contributed by atoms with Crippen LogP contribution < -0.4 is 10.5 Å². The Hall–Kier alpha value is -1.56. The lowest BCUT2D eigenvalue weighted by molar-refractivity contribution is 0.601. The molecule has 0 unspecified atom stereocenters. The molecule has 0 saturated carbocycles. The zero-order valence-corrected chi connectivity index (χ0v) is 11.6. The van der Waals surface area contributed by atoms with Gasteiger partial charge in [0.05, 0.1) is 5.02 Å². The third-order valence-electron chi connectivity index (χ3n) is 2.55. The van der Waals surface area contributed by atoms with Gasteiger partial charge in [0.1, 0.15) is 4.90 Å². The second kappa shape index (κ2) is 5.61. The highest BCUT2D eigenvalue weighted by molar-refractivity contribution is 7.92. The molecule has 0 spiro atoms. The smallest absolute Gasteiger partial charge is 0.263 e. The van der Waals surface area contributed by atoms with Crippen LogP contribution in [0.15, 0.2) is 53.4 Å². The SMILES string of the molecule is NCc1ccc(Cl)c(S(=O)(=O)Nc2ccccc2)c1. The van der Waals surface area contributed by atoms with Gasteiger partial charge in [0.15, 0.2) is 0 Å². The van der Waals surface area contributed by atoms with Crippen molar-refractivity contribution in [2.75, 3.05) is 4.72 Å². The number of anilines is 1. The van der Waals surface area contributed by atoms with Crippen LogP contribution in [0.2, 0.25) is 5.02 Å². The Labute approximate surface area is 117 Å².